The summed E-state index contributed by atoms with van der Waals surface area (Å²) in [5, 5.41) is 7.27. The number of anilines is 2. The normalized spacial score (nSPS) is 23.8. The highest BCUT2D eigenvalue weighted by molar-refractivity contribution is 5.84. The fourth-order valence-corrected chi connectivity index (χ4v) is 6.30. The van der Waals surface area contributed by atoms with E-state index in [1.54, 1.807) is 6.07 Å². The summed E-state index contributed by atoms with van der Waals surface area (Å²) < 4.78 is 29.7. The molecule has 8 nitrogen and oxygen atoms in total. The Hall–Kier alpha value is -2.85. The minimum Gasteiger partial charge on any atom is -0.365 e. The number of hydrogen-bond acceptors (Lipinski definition) is 7. The van der Waals surface area contributed by atoms with Crippen LogP contribution in [0.5, 0.6) is 0 Å². The van der Waals surface area contributed by atoms with Gasteiger partial charge in [0, 0.05) is 55.4 Å². The highest BCUT2D eigenvalue weighted by Gasteiger charge is 2.26. The molecular formula is C28H38F2N8. The van der Waals surface area contributed by atoms with Crippen molar-refractivity contribution < 1.29 is 8.78 Å². The predicted octanol–water partition coefficient (Wildman–Crippen LogP) is 4.98. The first-order valence-electron chi connectivity index (χ1n) is 14.2. The highest BCUT2D eigenvalue weighted by Crippen LogP contribution is 2.34. The number of fused-ring (bicyclic) bond motifs is 1. The van der Waals surface area contributed by atoms with Crippen LogP contribution in [-0.4, -0.2) is 55.6 Å². The molecule has 1 saturated heterocycles. The first kappa shape index (κ1) is 25.4. The number of halogens is 2. The zero-order valence-electron chi connectivity index (χ0n) is 21.9. The molecule has 2 aromatic heterocycles. The Kier molecular flexibility index (Phi) is 7.43. The van der Waals surface area contributed by atoms with Crippen LogP contribution in [0.25, 0.3) is 11.2 Å². The Morgan fingerprint density at radius 2 is 1.63 bits per heavy atom. The molecule has 3 fully saturated rings. The second kappa shape index (κ2) is 11.1. The number of likely N-dealkylation sites (tertiary alicyclic amines) is 1. The highest BCUT2D eigenvalue weighted by atomic mass is 19.1. The molecule has 38 heavy (non-hydrogen) atoms. The van der Waals surface area contributed by atoms with Crippen LogP contribution in [0.4, 0.5) is 20.5 Å². The number of nitrogens with two attached hydrogens (primary N) is 1. The standard InChI is InChI=1S/C28H38F2N8/c29-19-6-5-18(24(30)15-19)16-37-13-11-22(12-14-37)33-26-25-27(38(17-32-25)23-3-1-2-4-23)36-28(35-26)34-21-9-7-20(31)8-10-21/h5-6,15,17,20-23H,1-4,7-14,16,31H2,(H2,33,34,35,36). The van der Waals surface area contributed by atoms with Gasteiger partial charge in [-0.05, 0) is 57.4 Å². The average Bonchev–Trinajstić information content (AvgIpc) is 3.58. The monoisotopic (exact) mass is 524 g/mol. The van der Waals surface area contributed by atoms with Crippen LogP contribution in [0.15, 0.2) is 24.5 Å². The fourth-order valence-electron chi connectivity index (χ4n) is 6.30. The van der Waals surface area contributed by atoms with Crippen LogP contribution in [0.3, 0.4) is 0 Å². The van der Waals surface area contributed by atoms with Crippen molar-refractivity contribution in [3.63, 3.8) is 0 Å². The lowest BCUT2D eigenvalue weighted by Gasteiger charge is -2.32. The number of benzene rings is 1. The molecule has 0 amide bonds. The maximum Gasteiger partial charge on any atom is 0.227 e. The van der Waals surface area contributed by atoms with Gasteiger partial charge in [0.15, 0.2) is 17.0 Å². The number of hydrogen-bond donors (Lipinski definition) is 3. The van der Waals surface area contributed by atoms with E-state index in [9.17, 15) is 8.78 Å². The summed E-state index contributed by atoms with van der Waals surface area (Å²) in [6.45, 7) is 2.14. The summed E-state index contributed by atoms with van der Waals surface area (Å²) in [6.07, 6.45) is 12.6. The molecule has 2 aliphatic carbocycles. The van der Waals surface area contributed by atoms with Crippen molar-refractivity contribution in [3.05, 3.63) is 41.7 Å². The van der Waals surface area contributed by atoms with E-state index in [2.05, 4.69) is 20.1 Å². The molecule has 1 aliphatic heterocycles. The van der Waals surface area contributed by atoms with Crippen molar-refractivity contribution in [2.45, 2.75) is 94.9 Å². The van der Waals surface area contributed by atoms with Crippen molar-refractivity contribution >= 4 is 22.9 Å². The summed E-state index contributed by atoms with van der Waals surface area (Å²) in [5.41, 5.74) is 8.37. The second-order valence-electron chi connectivity index (χ2n) is 11.3. The van der Waals surface area contributed by atoms with Gasteiger partial charge in [0.2, 0.25) is 5.95 Å². The van der Waals surface area contributed by atoms with Gasteiger partial charge >= 0.3 is 0 Å². The summed E-state index contributed by atoms with van der Waals surface area (Å²) in [5.74, 6) is 0.419. The molecule has 3 aromatic rings. The fraction of sp³-hybridized carbons (Fsp3) is 0.607. The molecule has 2 saturated carbocycles. The van der Waals surface area contributed by atoms with Gasteiger partial charge in [-0.15, -0.1) is 0 Å². The number of rotatable bonds is 7. The number of imidazole rings is 1. The smallest absolute Gasteiger partial charge is 0.227 e. The van der Waals surface area contributed by atoms with E-state index in [0.29, 0.717) is 36.2 Å². The zero-order chi connectivity index (χ0) is 26.1. The average molecular weight is 525 g/mol. The van der Waals surface area contributed by atoms with E-state index < -0.39 is 11.6 Å². The Morgan fingerprint density at radius 1 is 0.895 bits per heavy atom. The minimum atomic E-state index is -0.540. The first-order chi connectivity index (χ1) is 18.5. The molecule has 1 aromatic carbocycles. The van der Waals surface area contributed by atoms with Crippen LogP contribution in [-0.2, 0) is 6.54 Å². The van der Waals surface area contributed by atoms with Crippen molar-refractivity contribution in [1.29, 1.82) is 0 Å². The van der Waals surface area contributed by atoms with E-state index in [1.807, 2.05) is 6.33 Å². The van der Waals surface area contributed by atoms with Gasteiger partial charge in [-0.2, -0.15) is 9.97 Å². The van der Waals surface area contributed by atoms with Crippen molar-refractivity contribution in [2.75, 3.05) is 23.7 Å². The lowest BCUT2D eigenvalue weighted by Crippen LogP contribution is -2.39. The van der Waals surface area contributed by atoms with E-state index in [4.69, 9.17) is 20.7 Å². The van der Waals surface area contributed by atoms with Crippen LogP contribution in [0, 0.1) is 11.6 Å². The third kappa shape index (κ3) is 5.61. The molecule has 0 spiro atoms. The van der Waals surface area contributed by atoms with Crippen LogP contribution < -0.4 is 16.4 Å². The molecule has 3 aliphatic rings. The minimum absolute atomic E-state index is 0.236. The molecule has 3 heterocycles. The van der Waals surface area contributed by atoms with Crippen molar-refractivity contribution in [3.8, 4) is 0 Å². The lowest BCUT2D eigenvalue weighted by molar-refractivity contribution is 0.208. The van der Waals surface area contributed by atoms with Gasteiger partial charge < -0.3 is 20.9 Å². The lowest BCUT2D eigenvalue weighted by atomic mass is 9.92. The van der Waals surface area contributed by atoms with Crippen LogP contribution in [0.2, 0.25) is 0 Å². The van der Waals surface area contributed by atoms with Gasteiger partial charge in [-0.3, -0.25) is 4.90 Å². The molecule has 4 N–H and O–H groups in total. The topological polar surface area (TPSA) is 96.9 Å². The Balaban J connectivity index is 1.17. The van der Waals surface area contributed by atoms with Gasteiger partial charge in [0.1, 0.15) is 11.6 Å². The molecule has 10 heteroatoms. The molecule has 0 radical (unpaired) electrons. The Bertz CT molecular complexity index is 1240. The van der Waals surface area contributed by atoms with Gasteiger partial charge in [-0.1, -0.05) is 18.9 Å². The molecular weight excluding hydrogens is 486 g/mol. The largest absolute Gasteiger partial charge is 0.365 e. The quantitative estimate of drug-likeness (QED) is 0.401. The predicted molar refractivity (Wildman–Crippen MR) is 145 cm³/mol. The number of nitrogens with one attached hydrogen (secondary N) is 2. The third-order valence-corrected chi connectivity index (χ3v) is 8.58. The van der Waals surface area contributed by atoms with E-state index in [-0.39, 0.29) is 6.04 Å². The molecule has 6 rings (SSSR count). The maximum atomic E-state index is 14.1. The number of piperidine rings is 1. The number of aromatic nitrogens is 4. The van der Waals surface area contributed by atoms with Crippen molar-refractivity contribution in [2.24, 2.45) is 5.73 Å². The molecule has 0 unspecified atom stereocenters. The molecule has 204 valence electrons. The van der Waals surface area contributed by atoms with Gasteiger partial charge in [0.05, 0.1) is 6.33 Å². The molecule has 0 atom stereocenters. The van der Waals surface area contributed by atoms with Crippen molar-refractivity contribution in [1.82, 2.24) is 24.4 Å². The Morgan fingerprint density at radius 3 is 2.37 bits per heavy atom. The second-order valence-corrected chi connectivity index (χ2v) is 11.3. The zero-order valence-corrected chi connectivity index (χ0v) is 21.9. The molecule has 0 bridgehead atoms. The summed E-state index contributed by atoms with van der Waals surface area (Å²) in [4.78, 5) is 16.9. The van der Waals surface area contributed by atoms with E-state index in [1.165, 1.54) is 18.9 Å². The van der Waals surface area contributed by atoms with Gasteiger partial charge in [0.25, 0.3) is 0 Å². The Labute approximate surface area is 222 Å². The first-order valence-corrected chi connectivity index (χ1v) is 14.2. The maximum absolute atomic E-state index is 14.1. The van der Waals surface area contributed by atoms with Crippen LogP contribution in [0.1, 0.15) is 75.8 Å². The summed E-state index contributed by atoms with van der Waals surface area (Å²) >= 11 is 0. The summed E-state index contributed by atoms with van der Waals surface area (Å²) in [7, 11) is 0. The van der Waals surface area contributed by atoms with E-state index in [0.717, 1.165) is 87.5 Å². The van der Waals surface area contributed by atoms with E-state index >= 15 is 0 Å². The summed E-state index contributed by atoms with van der Waals surface area (Å²) in [6, 6.07) is 5.13. The third-order valence-electron chi connectivity index (χ3n) is 8.58. The number of nitrogens with zero attached hydrogens (tertiary/aromatic N) is 5. The SMILES string of the molecule is NC1CCC(Nc2nc(NC3CCN(Cc4ccc(F)cc4F)CC3)c3ncn(C4CCCC4)c3n2)CC1. The van der Waals surface area contributed by atoms with Crippen LogP contribution >= 0.6 is 0 Å². The van der Waals surface area contributed by atoms with Gasteiger partial charge in [-0.25, -0.2) is 13.8 Å².